The van der Waals surface area contributed by atoms with Gasteiger partial charge in [0.05, 0.1) is 13.5 Å². The van der Waals surface area contributed by atoms with Gasteiger partial charge in [0.15, 0.2) is 6.10 Å². The summed E-state index contributed by atoms with van der Waals surface area (Å²) >= 11 is 0. The van der Waals surface area contributed by atoms with Gasteiger partial charge in [0.1, 0.15) is 17.3 Å². The predicted molar refractivity (Wildman–Crippen MR) is 123 cm³/mol. The number of halogens is 1. The molecule has 1 N–H and O–H groups in total. The van der Waals surface area contributed by atoms with Crippen LogP contribution in [-0.2, 0) is 29.1 Å². The Bertz CT molecular complexity index is 1160. The first kappa shape index (κ1) is 22.3. The highest BCUT2D eigenvalue weighted by molar-refractivity contribution is 5.92. The molecule has 3 aromatic rings. The molecule has 0 radical (unpaired) electrons. The van der Waals surface area contributed by atoms with E-state index in [2.05, 4.69) is 5.32 Å². The van der Waals surface area contributed by atoms with Gasteiger partial charge in [-0.3, -0.25) is 9.59 Å². The van der Waals surface area contributed by atoms with Gasteiger partial charge in [0.25, 0.3) is 5.91 Å². The summed E-state index contributed by atoms with van der Waals surface area (Å²) in [6, 6.07) is 18.7. The van der Waals surface area contributed by atoms with Crippen LogP contribution in [0.25, 0.3) is 0 Å². The van der Waals surface area contributed by atoms with Crippen LogP contribution in [0.4, 0.5) is 10.1 Å². The lowest BCUT2D eigenvalue weighted by Gasteiger charge is -2.23. The number of hydrogen-bond acceptors (Lipinski definition) is 4. The van der Waals surface area contributed by atoms with Gasteiger partial charge in [0, 0.05) is 29.9 Å². The minimum absolute atomic E-state index is 0.126. The van der Waals surface area contributed by atoms with Gasteiger partial charge in [-0.05, 0) is 48.9 Å². The lowest BCUT2D eigenvalue weighted by molar-refractivity contribution is -0.138. The van der Waals surface area contributed by atoms with Crippen molar-refractivity contribution in [2.24, 2.45) is 0 Å². The monoisotopic (exact) mass is 448 g/mol. The Labute approximate surface area is 191 Å². The van der Waals surface area contributed by atoms with E-state index in [1.165, 1.54) is 12.1 Å². The maximum atomic E-state index is 13.1. The van der Waals surface area contributed by atoms with E-state index in [1.807, 2.05) is 30.3 Å². The van der Waals surface area contributed by atoms with Crippen molar-refractivity contribution in [3.63, 3.8) is 0 Å². The van der Waals surface area contributed by atoms with Crippen LogP contribution >= 0.6 is 0 Å². The zero-order chi connectivity index (χ0) is 23.4. The summed E-state index contributed by atoms with van der Waals surface area (Å²) in [5, 5.41) is 2.87. The fraction of sp³-hybridized carbons (Fsp3) is 0.231. The number of rotatable bonds is 6. The number of carbonyl (C=O) groups excluding carboxylic acids is 2. The molecular formula is C26H25FN2O4. The van der Waals surface area contributed by atoms with Gasteiger partial charge >= 0.3 is 0 Å². The molecule has 0 saturated carbocycles. The van der Waals surface area contributed by atoms with Crippen molar-refractivity contribution < 1.29 is 23.5 Å². The van der Waals surface area contributed by atoms with Gasteiger partial charge in [-0.15, -0.1) is 0 Å². The highest BCUT2D eigenvalue weighted by atomic mass is 19.1. The van der Waals surface area contributed by atoms with E-state index in [0.717, 1.165) is 16.7 Å². The van der Waals surface area contributed by atoms with Crippen LogP contribution in [0.2, 0.25) is 0 Å². The van der Waals surface area contributed by atoms with E-state index in [1.54, 1.807) is 43.2 Å². The van der Waals surface area contributed by atoms with Gasteiger partial charge in [-0.2, -0.15) is 0 Å². The molecule has 7 heteroatoms. The smallest absolute Gasteiger partial charge is 0.263 e. The van der Waals surface area contributed by atoms with Gasteiger partial charge in [-0.1, -0.05) is 30.3 Å². The summed E-state index contributed by atoms with van der Waals surface area (Å²) < 4.78 is 24.4. The number of carbonyl (C=O) groups is 2. The Kier molecular flexibility index (Phi) is 6.58. The number of nitrogens with one attached hydrogen (secondary N) is 1. The normalized spacial score (nSPS) is 15.3. The van der Waals surface area contributed by atoms with E-state index in [0.29, 0.717) is 30.3 Å². The second-order valence-electron chi connectivity index (χ2n) is 7.94. The Balaban J connectivity index is 1.52. The van der Waals surface area contributed by atoms with Crippen molar-refractivity contribution >= 4 is 17.5 Å². The molecule has 1 heterocycles. The summed E-state index contributed by atoms with van der Waals surface area (Å²) in [7, 11) is 1.60. The predicted octanol–water partition coefficient (Wildman–Crippen LogP) is 4.33. The average Bonchev–Trinajstić information content (AvgIpc) is 2.92. The summed E-state index contributed by atoms with van der Waals surface area (Å²) in [5.41, 5.74) is 3.01. The molecule has 1 aliphatic heterocycles. The molecule has 4 rings (SSSR count). The average molecular weight is 448 g/mol. The maximum Gasteiger partial charge on any atom is 0.263 e. The quantitative estimate of drug-likeness (QED) is 0.610. The van der Waals surface area contributed by atoms with Crippen LogP contribution < -0.4 is 14.8 Å². The third kappa shape index (κ3) is 5.31. The number of hydrogen-bond donors (Lipinski definition) is 1. The molecule has 0 unspecified atom stereocenters. The molecule has 1 aliphatic rings. The number of para-hydroxylation sites is 1. The lowest BCUT2D eigenvalue weighted by atomic mass is 10.1. The summed E-state index contributed by atoms with van der Waals surface area (Å²) in [6.45, 7) is 2.43. The molecule has 0 fully saturated rings. The molecule has 0 saturated heterocycles. The topological polar surface area (TPSA) is 67.9 Å². The molecule has 0 aliphatic carbocycles. The minimum Gasteiger partial charge on any atom is -0.496 e. The number of amides is 2. The van der Waals surface area contributed by atoms with Crippen LogP contribution in [0.3, 0.4) is 0 Å². The Morgan fingerprint density at radius 2 is 1.91 bits per heavy atom. The van der Waals surface area contributed by atoms with Crippen molar-refractivity contribution in [3.05, 3.63) is 89.2 Å². The number of anilines is 1. The van der Waals surface area contributed by atoms with E-state index >= 15 is 0 Å². The summed E-state index contributed by atoms with van der Waals surface area (Å²) in [6.07, 6.45) is -0.511. The molecule has 33 heavy (non-hydrogen) atoms. The zero-order valence-electron chi connectivity index (χ0n) is 18.5. The SMILES string of the molecule is COc1ccccc1CN1Cc2cc(NC(=O)Cc3ccc(F)cc3)ccc2O[C@@H](C)C1=O. The van der Waals surface area contributed by atoms with Crippen molar-refractivity contribution in [1.82, 2.24) is 4.90 Å². The Morgan fingerprint density at radius 1 is 1.15 bits per heavy atom. The number of ether oxygens (including phenoxy) is 2. The van der Waals surface area contributed by atoms with Crippen molar-refractivity contribution in [2.45, 2.75) is 32.5 Å². The van der Waals surface area contributed by atoms with Gasteiger partial charge in [-0.25, -0.2) is 4.39 Å². The van der Waals surface area contributed by atoms with Crippen molar-refractivity contribution in [1.29, 1.82) is 0 Å². The first-order chi connectivity index (χ1) is 15.9. The lowest BCUT2D eigenvalue weighted by Crippen LogP contribution is -2.37. The van der Waals surface area contributed by atoms with Crippen LogP contribution in [0.1, 0.15) is 23.6 Å². The molecule has 3 aromatic carbocycles. The molecule has 2 amide bonds. The first-order valence-electron chi connectivity index (χ1n) is 10.7. The molecule has 6 nitrogen and oxygen atoms in total. The first-order valence-corrected chi connectivity index (χ1v) is 10.7. The van der Waals surface area contributed by atoms with Gasteiger partial charge in [0.2, 0.25) is 5.91 Å². The molecule has 0 bridgehead atoms. The van der Waals surface area contributed by atoms with Crippen LogP contribution in [0.5, 0.6) is 11.5 Å². The number of benzene rings is 3. The zero-order valence-corrected chi connectivity index (χ0v) is 18.5. The largest absolute Gasteiger partial charge is 0.496 e. The fourth-order valence-corrected chi connectivity index (χ4v) is 3.84. The standard InChI is InChI=1S/C26H25FN2O4/c1-17-26(31)29(15-19-5-3-4-6-23(19)32-2)16-20-14-22(11-12-24(20)33-17)28-25(30)13-18-7-9-21(27)10-8-18/h3-12,14,17H,13,15-16H2,1-2H3,(H,28,30)/t17-/m0/s1. The van der Waals surface area contributed by atoms with Gasteiger partial charge < -0.3 is 19.7 Å². The summed E-state index contributed by atoms with van der Waals surface area (Å²) in [5.74, 6) is 0.636. The van der Waals surface area contributed by atoms with Crippen LogP contribution in [0, 0.1) is 5.82 Å². The number of fused-ring (bicyclic) bond motifs is 1. The summed E-state index contributed by atoms with van der Waals surface area (Å²) in [4.78, 5) is 27.2. The molecular weight excluding hydrogens is 423 g/mol. The fourth-order valence-electron chi connectivity index (χ4n) is 3.84. The molecule has 0 spiro atoms. The van der Waals surface area contributed by atoms with E-state index in [9.17, 15) is 14.0 Å². The van der Waals surface area contributed by atoms with Crippen molar-refractivity contribution in [3.8, 4) is 11.5 Å². The third-order valence-electron chi connectivity index (χ3n) is 5.50. The maximum absolute atomic E-state index is 13.1. The Morgan fingerprint density at radius 3 is 2.67 bits per heavy atom. The van der Waals surface area contributed by atoms with Crippen LogP contribution in [-0.4, -0.2) is 29.9 Å². The molecule has 0 aromatic heterocycles. The molecule has 1 atom stereocenters. The second-order valence-corrected chi connectivity index (χ2v) is 7.94. The Hall–Kier alpha value is -3.87. The molecule has 170 valence electrons. The second kappa shape index (κ2) is 9.73. The third-order valence-corrected chi connectivity index (χ3v) is 5.50. The highest BCUT2D eigenvalue weighted by Crippen LogP contribution is 2.30. The highest BCUT2D eigenvalue weighted by Gasteiger charge is 2.28. The minimum atomic E-state index is -0.639. The van der Waals surface area contributed by atoms with E-state index in [-0.39, 0.29) is 24.1 Å². The van der Waals surface area contributed by atoms with E-state index < -0.39 is 6.10 Å². The number of nitrogens with zero attached hydrogens (tertiary/aromatic N) is 1. The van der Waals surface area contributed by atoms with Crippen molar-refractivity contribution in [2.75, 3.05) is 12.4 Å². The number of methoxy groups -OCH3 is 1. The van der Waals surface area contributed by atoms with E-state index in [4.69, 9.17) is 9.47 Å². The van der Waals surface area contributed by atoms with Crippen LogP contribution in [0.15, 0.2) is 66.7 Å².